The first-order valence-corrected chi connectivity index (χ1v) is 6.10. The van der Waals surface area contributed by atoms with Crippen LogP contribution in [-0.2, 0) is 0 Å². The number of aromatic nitrogens is 4. The molecule has 5 heteroatoms. The van der Waals surface area contributed by atoms with Crippen LogP contribution < -0.4 is 4.74 Å². The van der Waals surface area contributed by atoms with Crippen LogP contribution in [-0.4, -0.2) is 27.0 Å². The Morgan fingerprint density at radius 1 is 0.700 bits per heavy atom. The third-order valence-corrected chi connectivity index (χ3v) is 2.79. The van der Waals surface area contributed by atoms with Crippen LogP contribution in [0.25, 0.3) is 22.8 Å². The molecule has 0 aliphatic carbocycles. The van der Waals surface area contributed by atoms with Crippen LogP contribution in [0.2, 0.25) is 0 Å². The van der Waals surface area contributed by atoms with Gasteiger partial charge in [0.05, 0.1) is 7.11 Å². The van der Waals surface area contributed by atoms with Crippen molar-refractivity contribution in [2.75, 3.05) is 7.11 Å². The second kappa shape index (κ2) is 5.44. The maximum atomic E-state index is 5.33. The van der Waals surface area contributed by atoms with E-state index in [0.717, 1.165) is 16.9 Å². The number of nitrogens with zero attached hydrogens (tertiary/aromatic N) is 4. The summed E-state index contributed by atoms with van der Waals surface area (Å²) in [4.78, 5) is 17.0. The van der Waals surface area contributed by atoms with E-state index in [2.05, 4.69) is 19.9 Å². The Kier molecular flexibility index (Phi) is 3.33. The Labute approximate surface area is 116 Å². The number of hydrogen-bond donors (Lipinski definition) is 0. The summed E-state index contributed by atoms with van der Waals surface area (Å²) in [5.41, 5.74) is 1.74. The van der Waals surface area contributed by atoms with Crippen molar-refractivity contribution >= 4 is 0 Å². The van der Waals surface area contributed by atoms with E-state index in [1.807, 2.05) is 18.2 Å². The monoisotopic (exact) mass is 264 g/mol. The molecule has 3 aromatic rings. The molecular weight excluding hydrogens is 252 g/mol. The lowest BCUT2D eigenvalue weighted by molar-refractivity contribution is 0.415. The van der Waals surface area contributed by atoms with Gasteiger partial charge < -0.3 is 4.74 Å². The molecule has 1 aromatic carbocycles. The van der Waals surface area contributed by atoms with E-state index in [4.69, 9.17) is 4.74 Å². The summed E-state index contributed by atoms with van der Waals surface area (Å²) in [7, 11) is 1.63. The highest BCUT2D eigenvalue weighted by Gasteiger charge is 2.08. The molecule has 0 saturated carbocycles. The summed E-state index contributed by atoms with van der Waals surface area (Å²) in [6.07, 6.45) is 6.84. The largest absolute Gasteiger partial charge is 0.497 e. The third-order valence-electron chi connectivity index (χ3n) is 2.79. The zero-order valence-corrected chi connectivity index (χ0v) is 10.9. The third kappa shape index (κ3) is 2.47. The van der Waals surface area contributed by atoms with Gasteiger partial charge in [-0.25, -0.2) is 19.9 Å². The molecule has 0 radical (unpaired) electrons. The van der Waals surface area contributed by atoms with Gasteiger partial charge in [0.1, 0.15) is 5.75 Å². The molecule has 0 N–H and O–H groups in total. The topological polar surface area (TPSA) is 60.8 Å². The van der Waals surface area contributed by atoms with E-state index in [-0.39, 0.29) is 0 Å². The zero-order chi connectivity index (χ0) is 13.8. The predicted octanol–water partition coefficient (Wildman–Crippen LogP) is 2.61. The molecule has 0 bridgehead atoms. The Morgan fingerprint density at radius 2 is 1.15 bits per heavy atom. The fraction of sp³-hybridized carbons (Fsp3) is 0.0667. The number of benzene rings is 1. The standard InChI is InChI=1S/C15H12N4O/c1-20-13-9-11(14-16-4-2-5-17-14)8-12(10-13)15-18-6-3-7-19-15/h2-10H,1H3. The lowest BCUT2D eigenvalue weighted by atomic mass is 10.1. The predicted molar refractivity (Wildman–Crippen MR) is 75.0 cm³/mol. The fourth-order valence-corrected chi connectivity index (χ4v) is 1.87. The van der Waals surface area contributed by atoms with E-state index >= 15 is 0 Å². The van der Waals surface area contributed by atoms with Crippen molar-refractivity contribution < 1.29 is 4.74 Å². The summed E-state index contributed by atoms with van der Waals surface area (Å²) in [6, 6.07) is 9.30. The van der Waals surface area contributed by atoms with Crippen LogP contribution in [0.5, 0.6) is 5.75 Å². The lowest BCUT2D eigenvalue weighted by Gasteiger charge is -2.07. The highest BCUT2D eigenvalue weighted by atomic mass is 16.5. The van der Waals surface area contributed by atoms with Crippen molar-refractivity contribution in [3.63, 3.8) is 0 Å². The van der Waals surface area contributed by atoms with Crippen molar-refractivity contribution in [3.05, 3.63) is 55.1 Å². The van der Waals surface area contributed by atoms with Crippen LogP contribution in [0.3, 0.4) is 0 Å². The van der Waals surface area contributed by atoms with Gasteiger partial charge in [0.25, 0.3) is 0 Å². The molecule has 2 aromatic heterocycles. The zero-order valence-electron chi connectivity index (χ0n) is 10.9. The molecule has 0 saturated heterocycles. The van der Waals surface area contributed by atoms with E-state index < -0.39 is 0 Å². The highest BCUT2D eigenvalue weighted by Crippen LogP contribution is 2.27. The molecule has 2 heterocycles. The van der Waals surface area contributed by atoms with Crippen molar-refractivity contribution in [1.82, 2.24) is 19.9 Å². The molecule has 0 unspecified atom stereocenters. The molecule has 0 aliphatic rings. The average Bonchev–Trinajstić information content (AvgIpc) is 2.56. The molecule has 98 valence electrons. The number of methoxy groups -OCH3 is 1. The first kappa shape index (κ1) is 12.2. The number of rotatable bonds is 3. The number of hydrogen-bond acceptors (Lipinski definition) is 5. The minimum absolute atomic E-state index is 0.642. The van der Waals surface area contributed by atoms with Crippen molar-refractivity contribution in [2.45, 2.75) is 0 Å². The second-order valence-electron chi connectivity index (χ2n) is 4.09. The van der Waals surface area contributed by atoms with Gasteiger partial charge in [-0.2, -0.15) is 0 Å². The van der Waals surface area contributed by atoms with E-state index in [1.165, 1.54) is 0 Å². The van der Waals surface area contributed by atoms with Crippen LogP contribution >= 0.6 is 0 Å². The van der Waals surface area contributed by atoms with Crippen LogP contribution in [0.4, 0.5) is 0 Å². The summed E-state index contributed by atoms with van der Waals surface area (Å²) < 4.78 is 5.33. The van der Waals surface area contributed by atoms with Gasteiger partial charge in [-0.1, -0.05) is 0 Å². The lowest BCUT2D eigenvalue weighted by Crippen LogP contribution is -1.93. The van der Waals surface area contributed by atoms with Crippen molar-refractivity contribution in [3.8, 4) is 28.5 Å². The molecule has 0 atom stereocenters. The minimum Gasteiger partial charge on any atom is -0.497 e. The Hall–Kier alpha value is -2.82. The normalized spacial score (nSPS) is 10.2. The van der Waals surface area contributed by atoms with Crippen molar-refractivity contribution in [1.29, 1.82) is 0 Å². The van der Waals surface area contributed by atoms with Crippen LogP contribution in [0.1, 0.15) is 0 Å². The maximum Gasteiger partial charge on any atom is 0.159 e. The molecule has 0 fully saturated rings. The van der Waals surface area contributed by atoms with E-state index in [0.29, 0.717) is 11.6 Å². The Bertz CT molecular complexity index is 644. The van der Waals surface area contributed by atoms with Crippen molar-refractivity contribution in [2.24, 2.45) is 0 Å². The maximum absolute atomic E-state index is 5.33. The smallest absolute Gasteiger partial charge is 0.159 e. The minimum atomic E-state index is 0.642. The quantitative estimate of drug-likeness (QED) is 0.727. The van der Waals surface area contributed by atoms with Gasteiger partial charge in [-0.3, -0.25) is 0 Å². The molecular formula is C15H12N4O. The summed E-state index contributed by atoms with van der Waals surface area (Å²) in [5, 5.41) is 0. The van der Waals surface area contributed by atoms with Gasteiger partial charge >= 0.3 is 0 Å². The molecule has 0 spiro atoms. The average molecular weight is 264 g/mol. The van der Waals surface area contributed by atoms with Crippen LogP contribution in [0, 0.1) is 0 Å². The summed E-state index contributed by atoms with van der Waals surface area (Å²) in [5.74, 6) is 2.00. The van der Waals surface area contributed by atoms with Gasteiger partial charge in [0, 0.05) is 35.9 Å². The molecule has 20 heavy (non-hydrogen) atoms. The van der Waals surface area contributed by atoms with Crippen LogP contribution in [0.15, 0.2) is 55.1 Å². The first-order chi connectivity index (χ1) is 9.86. The SMILES string of the molecule is COc1cc(-c2ncccn2)cc(-c2ncccn2)c1. The molecule has 3 rings (SSSR count). The summed E-state index contributed by atoms with van der Waals surface area (Å²) in [6.45, 7) is 0. The Balaban J connectivity index is 2.13. The molecule has 0 aliphatic heterocycles. The van der Waals surface area contributed by atoms with Gasteiger partial charge in [0.15, 0.2) is 11.6 Å². The Morgan fingerprint density at radius 3 is 1.55 bits per heavy atom. The number of ether oxygens (including phenoxy) is 1. The molecule has 5 nitrogen and oxygen atoms in total. The highest BCUT2D eigenvalue weighted by molar-refractivity contribution is 5.68. The van der Waals surface area contributed by atoms with Gasteiger partial charge in [-0.05, 0) is 30.3 Å². The van der Waals surface area contributed by atoms with Gasteiger partial charge in [0.2, 0.25) is 0 Å². The first-order valence-electron chi connectivity index (χ1n) is 6.10. The fourth-order valence-electron chi connectivity index (χ4n) is 1.87. The second-order valence-corrected chi connectivity index (χ2v) is 4.09. The molecule has 0 amide bonds. The van der Waals surface area contributed by atoms with E-state index in [1.54, 1.807) is 44.0 Å². The van der Waals surface area contributed by atoms with Gasteiger partial charge in [-0.15, -0.1) is 0 Å². The van der Waals surface area contributed by atoms with E-state index in [9.17, 15) is 0 Å². The summed E-state index contributed by atoms with van der Waals surface area (Å²) >= 11 is 0.